The number of alkyl halides is 2. The molecule has 0 radical (unpaired) electrons. The lowest BCUT2D eigenvalue weighted by atomic mass is 9.91. The highest BCUT2D eigenvalue weighted by Crippen LogP contribution is 2.30. The Kier molecular flexibility index (Phi) is 3.80. The molecule has 2 unspecified atom stereocenters. The molecular weight excluding hydrogens is 190 g/mol. The second-order valence-corrected chi connectivity index (χ2v) is 3.96. The Morgan fingerprint density at radius 2 is 2.21 bits per heavy atom. The SMILES string of the molecule is CNC1C(C)CN(CCO)CC1(F)F. The van der Waals surface area contributed by atoms with Crippen LogP contribution >= 0.6 is 0 Å². The molecule has 2 N–H and O–H groups in total. The molecule has 0 aromatic rings. The Morgan fingerprint density at radius 3 is 2.64 bits per heavy atom. The van der Waals surface area contributed by atoms with Gasteiger partial charge in [-0.25, -0.2) is 8.78 Å². The number of piperidine rings is 1. The molecule has 1 aliphatic rings. The number of aliphatic hydroxyl groups is 1. The Labute approximate surface area is 83.1 Å². The van der Waals surface area contributed by atoms with Crippen LogP contribution in [0.25, 0.3) is 0 Å². The minimum Gasteiger partial charge on any atom is -0.395 e. The third-order valence-electron chi connectivity index (χ3n) is 2.73. The van der Waals surface area contributed by atoms with Gasteiger partial charge in [0.05, 0.1) is 19.2 Å². The molecule has 1 saturated heterocycles. The van der Waals surface area contributed by atoms with Gasteiger partial charge >= 0.3 is 0 Å². The van der Waals surface area contributed by atoms with Crippen molar-refractivity contribution in [1.82, 2.24) is 10.2 Å². The summed E-state index contributed by atoms with van der Waals surface area (Å²) in [4.78, 5) is 1.61. The fraction of sp³-hybridized carbons (Fsp3) is 1.00. The van der Waals surface area contributed by atoms with E-state index in [0.717, 1.165) is 0 Å². The third-order valence-corrected chi connectivity index (χ3v) is 2.73. The lowest BCUT2D eigenvalue weighted by Crippen LogP contribution is -2.60. The van der Waals surface area contributed by atoms with E-state index in [1.54, 1.807) is 18.9 Å². The summed E-state index contributed by atoms with van der Waals surface area (Å²) in [6.07, 6.45) is 0. The highest BCUT2D eigenvalue weighted by molar-refractivity contribution is 4.94. The molecule has 1 aliphatic heterocycles. The van der Waals surface area contributed by atoms with Crippen LogP contribution in [0.1, 0.15) is 6.92 Å². The maximum atomic E-state index is 13.5. The van der Waals surface area contributed by atoms with Gasteiger partial charge in [0.25, 0.3) is 5.92 Å². The zero-order chi connectivity index (χ0) is 10.8. The van der Waals surface area contributed by atoms with Gasteiger partial charge in [0.2, 0.25) is 0 Å². The molecule has 1 rings (SSSR count). The minimum absolute atomic E-state index is 0.0625. The van der Waals surface area contributed by atoms with Crippen molar-refractivity contribution in [2.45, 2.75) is 18.9 Å². The average molecular weight is 208 g/mol. The van der Waals surface area contributed by atoms with Crippen molar-refractivity contribution in [3.8, 4) is 0 Å². The zero-order valence-electron chi connectivity index (χ0n) is 8.63. The van der Waals surface area contributed by atoms with Crippen LogP contribution in [-0.2, 0) is 0 Å². The molecular formula is C9H18F2N2O. The summed E-state index contributed by atoms with van der Waals surface area (Å²) >= 11 is 0. The van der Waals surface area contributed by atoms with Gasteiger partial charge in [-0.2, -0.15) is 0 Å². The number of rotatable bonds is 3. The predicted molar refractivity (Wildman–Crippen MR) is 50.5 cm³/mol. The van der Waals surface area contributed by atoms with Gasteiger partial charge in [-0.15, -0.1) is 0 Å². The summed E-state index contributed by atoms with van der Waals surface area (Å²) < 4.78 is 27.0. The van der Waals surface area contributed by atoms with Gasteiger partial charge in [0.15, 0.2) is 0 Å². The molecule has 0 amide bonds. The van der Waals surface area contributed by atoms with Crippen LogP contribution in [-0.4, -0.2) is 55.3 Å². The van der Waals surface area contributed by atoms with Crippen molar-refractivity contribution in [1.29, 1.82) is 0 Å². The molecule has 1 heterocycles. The Bertz CT molecular complexity index is 190. The van der Waals surface area contributed by atoms with Gasteiger partial charge in [0, 0.05) is 13.1 Å². The fourth-order valence-electron chi connectivity index (χ4n) is 2.20. The third kappa shape index (κ3) is 2.40. The van der Waals surface area contributed by atoms with E-state index in [1.165, 1.54) is 0 Å². The van der Waals surface area contributed by atoms with E-state index >= 15 is 0 Å². The molecule has 0 bridgehead atoms. The van der Waals surface area contributed by atoms with E-state index in [2.05, 4.69) is 5.32 Å². The summed E-state index contributed by atoms with van der Waals surface area (Å²) in [6.45, 7) is 2.42. The average Bonchev–Trinajstić information content (AvgIpc) is 2.02. The number of aliphatic hydroxyl groups excluding tert-OH is 1. The summed E-state index contributed by atoms with van der Waals surface area (Å²) in [5.74, 6) is -2.81. The summed E-state index contributed by atoms with van der Waals surface area (Å²) in [7, 11) is 1.57. The number of β-amino-alcohol motifs (C(OH)–C–C–N with tert-alkyl or cyclic N) is 1. The maximum absolute atomic E-state index is 13.5. The first-order chi connectivity index (χ1) is 6.51. The molecule has 14 heavy (non-hydrogen) atoms. The molecule has 3 nitrogen and oxygen atoms in total. The number of likely N-dealkylation sites (tertiary alicyclic amines) is 1. The molecule has 0 saturated carbocycles. The van der Waals surface area contributed by atoms with Crippen LogP contribution in [0, 0.1) is 5.92 Å². The molecule has 1 fully saturated rings. The number of nitrogens with zero attached hydrogens (tertiary/aromatic N) is 1. The van der Waals surface area contributed by atoms with Crippen molar-refractivity contribution in [3.63, 3.8) is 0 Å². The monoisotopic (exact) mass is 208 g/mol. The normalized spacial score (nSPS) is 33.2. The molecule has 0 aromatic carbocycles. The molecule has 5 heteroatoms. The van der Waals surface area contributed by atoms with Crippen molar-refractivity contribution < 1.29 is 13.9 Å². The first kappa shape index (κ1) is 11.8. The van der Waals surface area contributed by atoms with E-state index in [1.807, 2.05) is 0 Å². The molecule has 0 aromatic heterocycles. The van der Waals surface area contributed by atoms with E-state index in [4.69, 9.17) is 5.11 Å². The lowest BCUT2D eigenvalue weighted by molar-refractivity contribution is -0.109. The highest BCUT2D eigenvalue weighted by Gasteiger charge is 2.47. The van der Waals surface area contributed by atoms with Gasteiger partial charge in [-0.1, -0.05) is 6.92 Å². The zero-order valence-corrected chi connectivity index (χ0v) is 8.63. The van der Waals surface area contributed by atoms with E-state index in [9.17, 15) is 8.78 Å². The fourth-order valence-corrected chi connectivity index (χ4v) is 2.20. The lowest BCUT2D eigenvalue weighted by Gasteiger charge is -2.42. The molecule has 0 aliphatic carbocycles. The smallest absolute Gasteiger partial charge is 0.275 e. The van der Waals surface area contributed by atoms with Crippen molar-refractivity contribution in [3.05, 3.63) is 0 Å². The van der Waals surface area contributed by atoms with Crippen molar-refractivity contribution in [2.24, 2.45) is 5.92 Å². The van der Waals surface area contributed by atoms with Crippen LogP contribution < -0.4 is 5.32 Å². The second-order valence-electron chi connectivity index (χ2n) is 3.96. The van der Waals surface area contributed by atoms with Crippen LogP contribution in [0.15, 0.2) is 0 Å². The number of hydrogen-bond donors (Lipinski definition) is 2. The van der Waals surface area contributed by atoms with Crippen LogP contribution in [0.2, 0.25) is 0 Å². The standard InChI is InChI=1S/C9H18F2N2O/c1-7-5-13(3-4-14)6-9(10,11)8(7)12-2/h7-8,12,14H,3-6H2,1-2H3. The number of hydrogen-bond acceptors (Lipinski definition) is 3. The Balaban J connectivity index is 2.64. The molecule has 0 spiro atoms. The van der Waals surface area contributed by atoms with E-state index in [-0.39, 0.29) is 19.1 Å². The van der Waals surface area contributed by atoms with E-state index in [0.29, 0.717) is 13.1 Å². The predicted octanol–water partition coefficient (Wildman–Crippen LogP) is 0.154. The molecule has 2 atom stereocenters. The first-order valence-electron chi connectivity index (χ1n) is 4.89. The van der Waals surface area contributed by atoms with Crippen LogP contribution in [0.4, 0.5) is 8.78 Å². The van der Waals surface area contributed by atoms with Gasteiger partial charge in [-0.3, -0.25) is 4.90 Å². The molecule has 84 valence electrons. The maximum Gasteiger partial charge on any atom is 0.275 e. The summed E-state index contributed by atoms with van der Waals surface area (Å²) in [5, 5.41) is 11.4. The Morgan fingerprint density at radius 1 is 1.57 bits per heavy atom. The topological polar surface area (TPSA) is 35.5 Å². The quantitative estimate of drug-likeness (QED) is 0.693. The largest absolute Gasteiger partial charge is 0.395 e. The summed E-state index contributed by atoms with van der Waals surface area (Å²) in [6, 6.07) is -0.752. The first-order valence-corrected chi connectivity index (χ1v) is 4.89. The van der Waals surface area contributed by atoms with Gasteiger partial charge in [0.1, 0.15) is 0 Å². The van der Waals surface area contributed by atoms with Crippen LogP contribution in [0.3, 0.4) is 0 Å². The van der Waals surface area contributed by atoms with Gasteiger partial charge < -0.3 is 10.4 Å². The number of nitrogens with one attached hydrogen (secondary N) is 1. The minimum atomic E-state index is -2.71. The van der Waals surface area contributed by atoms with Gasteiger partial charge in [-0.05, 0) is 13.0 Å². The summed E-state index contributed by atoms with van der Waals surface area (Å²) in [5.41, 5.74) is 0. The van der Waals surface area contributed by atoms with Crippen molar-refractivity contribution >= 4 is 0 Å². The highest BCUT2D eigenvalue weighted by atomic mass is 19.3. The second kappa shape index (κ2) is 4.51. The van der Waals surface area contributed by atoms with Crippen LogP contribution in [0.5, 0.6) is 0 Å². The number of halogens is 2. The van der Waals surface area contributed by atoms with Crippen molar-refractivity contribution in [2.75, 3.05) is 33.3 Å². The van der Waals surface area contributed by atoms with E-state index < -0.39 is 12.0 Å². The Hall–Kier alpha value is -0.260.